The molecular formula is C17H14ClF2N5O2. The first-order chi connectivity index (χ1) is 13.0. The van der Waals surface area contributed by atoms with Crippen LogP contribution in [-0.4, -0.2) is 51.3 Å². The molecule has 2 aliphatic rings. The van der Waals surface area contributed by atoms with Crippen LogP contribution in [0.15, 0.2) is 35.6 Å². The average molecular weight is 394 g/mol. The van der Waals surface area contributed by atoms with Gasteiger partial charge in [0.2, 0.25) is 11.2 Å². The number of likely N-dealkylation sites (tertiary alicyclic amines) is 1. The lowest BCUT2D eigenvalue weighted by molar-refractivity contribution is 0.0252. The molecule has 0 N–H and O–H groups in total. The molecule has 2 aromatic rings. The lowest BCUT2D eigenvalue weighted by atomic mass is 10.0. The van der Waals surface area contributed by atoms with Gasteiger partial charge in [0.1, 0.15) is 17.7 Å². The van der Waals surface area contributed by atoms with Crippen LogP contribution in [0.5, 0.6) is 5.88 Å². The quantitative estimate of drug-likeness (QED) is 0.751. The Bertz CT molecular complexity index is 886. The van der Waals surface area contributed by atoms with Crippen molar-refractivity contribution in [1.29, 1.82) is 0 Å². The third-order valence-corrected chi connectivity index (χ3v) is 4.48. The number of carbonyl (C=O) groups is 1. The first-order valence-electron chi connectivity index (χ1n) is 8.21. The van der Waals surface area contributed by atoms with E-state index >= 15 is 0 Å². The second-order valence-corrected chi connectivity index (χ2v) is 6.53. The minimum absolute atomic E-state index is 0.0799. The summed E-state index contributed by atoms with van der Waals surface area (Å²) >= 11 is 5.71. The van der Waals surface area contributed by atoms with Crippen LogP contribution in [0.3, 0.4) is 0 Å². The number of nitrogens with zero attached hydrogens (tertiary/aromatic N) is 5. The summed E-state index contributed by atoms with van der Waals surface area (Å²) in [7, 11) is 0. The second kappa shape index (κ2) is 7.07. The minimum Gasteiger partial charge on any atom is -0.470 e. The van der Waals surface area contributed by atoms with E-state index in [1.807, 2.05) is 0 Å². The van der Waals surface area contributed by atoms with Crippen LogP contribution < -0.4 is 4.74 Å². The third-order valence-electron chi connectivity index (χ3n) is 4.30. The SMILES string of the molecule is O=C(N1CC(Oc2ccnc(Cl)n2)C1)N1N=CCC1c1cc(F)cc(F)c1. The van der Waals surface area contributed by atoms with E-state index in [0.717, 1.165) is 6.07 Å². The van der Waals surface area contributed by atoms with Crippen molar-refractivity contribution in [2.75, 3.05) is 13.1 Å². The van der Waals surface area contributed by atoms with Crippen molar-refractivity contribution in [2.24, 2.45) is 5.10 Å². The minimum atomic E-state index is -0.690. The first kappa shape index (κ1) is 17.6. The maximum atomic E-state index is 13.5. The molecule has 7 nitrogen and oxygen atoms in total. The van der Waals surface area contributed by atoms with Gasteiger partial charge in [-0.15, -0.1) is 0 Å². The topological polar surface area (TPSA) is 70.9 Å². The molecular weight excluding hydrogens is 380 g/mol. The Morgan fingerprint density at radius 3 is 2.67 bits per heavy atom. The highest BCUT2D eigenvalue weighted by Crippen LogP contribution is 2.31. The molecule has 2 amide bonds. The summed E-state index contributed by atoms with van der Waals surface area (Å²) in [6, 6.07) is 3.91. The fourth-order valence-electron chi connectivity index (χ4n) is 3.01. The average Bonchev–Trinajstić information content (AvgIpc) is 3.06. The largest absolute Gasteiger partial charge is 0.470 e. The van der Waals surface area contributed by atoms with Gasteiger partial charge < -0.3 is 9.64 Å². The number of rotatable bonds is 3. The van der Waals surface area contributed by atoms with Crippen LogP contribution in [0.25, 0.3) is 0 Å². The summed E-state index contributed by atoms with van der Waals surface area (Å²) in [6.07, 6.45) is 3.20. The number of carbonyl (C=O) groups excluding carboxylic acids is 1. The third kappa shape index (κ3) is 3.68. The molecule has 4 rings (SSSR count). The van der Waals surface area contributed by atoms with E-state index in [2.05, 4.69) is 15.1 Å². The molecule has 1 aromatic heterocycles. The number of ether oxygens (including phenoxy) is 1. The van der Waals surface area contributed by atoms with Crippen molar-refractivity contribution >= 4 is 23.8 Å². The van der Waals surface area contributed by atoms with Crippen LogP contribution in [0.2, 0.25) is 5.28 Å². The monoisotopic (exact) mass is 393 g/mol. The van der Waals surface area contributed by atoms with Crippen molar-refractivity contribution in [2.45, 2.75) is 18.6 Å². The Morgan fingerprint density at radius 1 is 1.22 bits per heavy atom. The zero-order valence-electron chi connectivity index (χ0n) is 13.9. The van der Waals surface area contributed by atoms with E-state index in [4.69, 9.17) is 16.3 Å². The van der Waals surface area contributed by atoms with Crippen LogP contribution >= 0.6 is 11.6 Å². The van der Waals surface area contributed by atoms with E-state index in [1.165, 1.54) is 23.3 Å². The molecule has 1 fully saturated rings. The molecule has 1 unspecified atom stereocenters. The van der Waals surface area contributed by atoms with Gasteiger partial charge in [-0.1, -0.05) is 0 Å². The summed E-state index contributed by atoms with van der Waals surface area (Å²) in [6.45, 7) is 0.688. The van der Waals surface area contributed by atoms with E-state index in [1.54, 1.807) is 17.2 Å². The summed E-state index contributed by atoms with van der Waals surface area (Å²) in [5.74, 6) is -1.05. The number of benzene rings is 1. The van der Waals surface area contributed by atoms with Crippen LogP contribution in [-0.2, 0) is 0 Å². The fourth-order valence-corrected chi connectivity index (χ4v) is 3.15. The summed E-state index contributed by atoms with van der Waals surface area (Å²) < 4.78 is 32.6. The predicted octanol–water partition coefficient (Wildman–Crippen LogP) is 3.02. The van der Waals surface area contributed by atoms with Crippen LogP contribution in [0, 0.1) is 11.6 Å². The predicted molar refractivity (Wildman–Crippen MR) is 92.5 cm³/mol. The zero-order valence-corrected chi connectivity index (χ0v) is 14.7. The van der Waals surface area contributed by atoms with Gasteiger partial charge in [-0.25, -0.2) is 23.6 Å². The second-order valence-electron chi connectivity index (χ2n) is 6.19. The number of hydrazone groups is 1. The lowest BCUT2D eigenvalue weighted by Gasteiger charge is -2.40. The summed E-state index contributed by atoms with van der Waals surface area (Å²) in [4.78, 5) is 21.9. The summed E-state index contributed by atoms with van der Waals surface area (Å²) in [5.41, 5.74) is 0.363. The van der Waals surface area contributed by atoms with Gasteiger partial charge in [0, 0.05) is 31.0 Å². The molecule has 140 valence electrons. The Kier molecular flexibility index (Phi) is 4.61. The van der Waals surface area contributed by atoms with Crippen molar-refractivity contribution in [3.63, 3.8) is 0 Å². The molecule has 0 bridgehead atoms. The van der Waals surface area contributed by atoms with Crippen molar-refractivity contribution in [3.05, 3.63) is 52.9 Å². The van der Waals surface area contributed by atoms with E-state index in [-0.39, 0.29) is 17.4 Å². The highest BCUT2D eigenvalue weighted by Gasteiger charge is 2.39. The number of urea groups is 1. The van der Waals surface area contributed by atoms with E-state index in [0.29, 0.717) is 31.0 Å². The highest BCUT2D eigenvalue weighted by atomic mass is 35.5. The molecule has 10 heteroatoms. The van der Waals surface area contributed by atoms with Gasteiger partial charge in [0.15, 0.2) is 0 Å². The number of amides is 2. The lowest BCUT2D eigenvalue weighted by Crippen LogP contribution is -2.58. The van der Waals surface area contributed by atoms with Crippen molar-refractivity contribution < 1.29 is 18.3 Å². The molecule has 3 heterocycles. The molecule has 27 heavy (non-hydrogen) atoms. The molecule has 2 aliphatic heterocycles. The smallest absolute Gasteiger partial charge is 0.341 e. The molecule has 1 saturated heterocycles. The Balaban J connectivity index is 1.39. The van der Waals surface area contributed by atoms with E-state index in [9.17, 15) is 13.6 Å². The van der Waals surface area contributed by atoms with Crippen molar-refractivity contribution in [1.82, 2.24) is 19.9 Å². The van der Waals surface area contributed by atoms with Gasteiger partial charge >= 0.3 is 6.03 Å². The normalized spacial score (nSPS) is 19.3. The van der Waals surface area contributed by atoms with Crippen molar-refractivity contribution in [3.8, 4) is 5.88 Å². The number of halogens is 3. The standard InChI is InChI=1S/C17H14ClF2N5O2/c18-16-21-3-2-15(23-16)27-13-8-24(9-13)17(26)25-14(1-4-22-25)10-5-11(19)7-12(20)6-10/h2-7,13-14H,1,8-9H2. The number of hydrogen-bond donors (Lipinski definition) is 0. The zero-order chi connectivity index (χ0) is 19.0. The maximum Gasteiger partial charge on any atom is 0.341 e. The molecule has 0 aliphatic carbocycles. The van der Waals surface area contributed by atoms with E-state index < -0.39 is 17.7 Å². The molecule has 1 aromatic carbocycles. The Morgan fingerprint density at radius 2 is 1.96 bits per heavy atom. The first-order valence-corrected chi connectivity index (χ1v) is 8.59. The van der Waals surface area contributed by atoms with Gasteiger partial charge in [-0.3, -0.25) is 0 Å². The Hall–Kier alpha value is -2.81. The molecule has 0 saturated carbocycles. The molecule has 0 radical (unpaired) electrons. The van der Waals surface area contributed by atoms with Gasteiger partial charge in [0.05, 0.1) is 19.1 Å². The highest BCUT2D eigenvalue weighted by molar-refractivity contribution is 6.28. The molecule has 1 atom stereocenters. The summed E-state index contributed by atoms with van der Waals surface area (Å²) in [5, 5.41) is 5.39. The maximum absolute atomic E-state index is 13.5. The van der Waals surface area contributed by atoms with Crippen LogP contribution in [0.4, 0.5) is 13.6 Å². The van der Waals surface area contributed by atoms with Gasteiger partial charge in [-0.05, 0) is 29.3 Å². The number of aromatic nitrogens is 2. The van der Waals surface area contributed by atoms with Gasteiger partial charge in [0.25, 0.3) is 0 Å². The molecule has 0 spiro atoms. The Labute approximate surface area is 158 Å². The fraction of sp³-hybridized carbons (Fsp3) is 0.294. The van der Waals surface area contributed by atoms with Crippen LogP contribution in [0.1, 0.15) is 18.0 Å². The van der Waals surface area contributed by atoms with Gasteiger partial charge in [-0.2, -0.15) is 10.1 Å². The number of hydrogen-bond acceptors (Lipinski definition) is 5.